The zero-order valence-electron chi connectivity index (χ0n) is 13.8. The zero-order valence-corrected chi connectivity index (χ0v) is 14.6. The third-order valence-electron chi connectivity index (χ3n) is 3.90. The molecule has 1 saturated heterocycles. The fourth-order valence-corrected chi connectivity index (χ4v) is 3.56. The Balaban J connectivity index is 2.07. The molecular weight excluding hydrogens is 320 g/mol. The molecular formula is C15H24N2O5S. The number of morpholine rings is 1. The minimum Gasteiger partial charge on any atom is -0.493 e. The van der Waals surface area contributed by atoms with E-state index in [9.17, 15) is 8.42 Å². The van der Waals surface area contributed by atoms with E-state index in [4.69, 9.17) is 14.2 Å². The average molecular weight is 344 g/mol. The Labute approximate surface area is 137 Å². The predicted molar refractivity (Wildman–Crippen MR) is 86.6 cm³/mol. The van der Waals surface area contributed by atoms with Crippen LogP contribution in [0.4, 0.5) is 0 Å². The van der Waals surface area contributed by atoms with Crippen LogP contribution in [0.1, 0.15) is 0 Å². The summed E-state index contributed by atoms with van der Waals surface area (Å²) in [6, 6.07) is 4.61. The Kier molecular flexibility index (Phi) is 6.23. The largest absolute Gasteiger partial charge is 0.493 e. The van der Waals surface area contributed by atoms with Crippen LogP contribution >= 0.6 is 0 Å². The van der Waals surface area contributed by atoms with Gasteiger partial charge >= 0.3 is 0 Å². The molecule has 0 aromatic heterocycles. The maximum absolute atomic E-state index is 12.7. The first-order chi connectivity index (χ1) is 11.0. The highest BCUT2D eigenvalue weighted by atomic mass is 32.2. The van der Waals surface area contributed by atoms with Crippen molar-refractivity contribution in [1.29, 1.82) is 0 Å². The van der Waals surface area contributed by atoms with Gasteiger partial charge < -0.3 is 14.2 Å². The molecule has 0 aliphatic carbocycles. The summed E-state index contributed by atoms with van der Waals surface area (Å²) in [5, 5.41) is 0. The normalized spacial score (nSPS) is 16.5. The van der Waals surface area contributed by atoms with E-state index < -0.39 is 10.0 Å². The number of methoxy groups -OCH3 is 2. The van der Waals surface area contributed by atoms with Gasteiger partial charge in [0.15, 0.2) is 11.5 Å². The number of likely N-dealkylation sites (N-methyl/N-ethyl adjacent to an activating group) is 1. The third-order valence-corrected chi connectivity index (χ3v) is 5.75. The first-order valence-electron chi connectivity index (χ1n) is 7.47. The van der Waals surface area contributed by atoms with Gasteiger partial charge in [-0.3, -0.25) is 4.90 Å². The molecule has 1 aromatic rings. The van der Waals surface area contributed by atoms with Crippen LogP contribution in [0.2, 0.25) is 0 Å². The Bertz CT molecular complexity index is 614. The van der Waals surface area contributed by atoms with Crippen molar-refractivity contribution < 1.29 is 22.6 Å². The SMILES string of the molecule is COc1ccc(S(=O)(=O)N(C)CCN2CCOCC2)cc1OC. The van der Waals surface area contributed by atoms with Gasteiger partial charge in [-0.1, -0.05) is 0 Å². The highest BCUT2D eigenvalue weighted by Gasteiger charge is 2.23. The van der Waals surface area contributed by atoms with Crippen molar-refractivity contribution in [2.45, 2.75) is 4.90 Å². The Morgan fingerprint density at radius 1 is 1.17 bits per heavy atom. The summed E-state index contributed by atoms with van der Waals surface area (Å²) < 4.78 is 42.3. The third kappa shape index (κ3) is 4.35. The number of sulfonamides is 1. The lowest BCUT2D eigenvalue weighted by Gasteiger charge is -2.28. The molecule has 8 heteroatoms. The average Bonchev–Trinajstić information content (AvgIpc) is 2.59. The number of nitrogens with zero attached hydrogens (tertiary/aromatic N) is 2. The van der Waals surface area contributed by atoms with Crippen LogP contribution in [-0.2, 0) is 14.8 Å². The topological polar surface area (TPSA) is 68.3 Å². The minimum atomic E-state index is -3.56. The highest BCUT2D eigenvalue weighted by molar-refractivity contribution is 7.89. The lowest BCUT2D eigenvalue weighted by molar-refractivity contribution is 0.0368. The zero-order chi connectivity index (χ0) is 16.9. The molecule has 0 spiro atoms. The summed E-state index contributed by atoms with van der Waals surface area (Å²) in [6.07, 6.45) is 0. The van der Waals surface area contributed by atoms with Gasteiger partial charge in [0.05, 0.1) is 32.3 Å². The van der Waals surface area contributed by atoms with E-state index in [0.29, 0.717) is 37.8 Å². The number of benzene rings is 1. The van der Waals surface area contributed by atoms with Gasteiger partial charge in [-0.05, 0) is 12.1 Å². The van der Waals surface area contributed by atoms with Crippen LogP contribution in [-0.4, -0.2) is 78.3 Å². The van der Waals surface area contributed by atoms with Crippen molar-refractivity contribution in [3.8, 4) is 11.5 Å². The smallest absolute Gasteiger partial charge is 0.242 e. The maximum Gasteiger partial charge on any atom is 0.242 e. The van der Waals surface area contributed by atoms with Crippen molar-refractivity contribution in [3.63, 3.8) is 0 Å². The van der Waals surface area contributed by atoms with Gasteiger partial charge in [-0.2, -0.15) is 4.31 Å². The van der Waals surface area contributed by atoms with Crippen LogP contribution in [0, 0.1) is 0 Å². The summed E-state index contributed by atoms with van der Waals surface area (Å²) in [6.45, 7) is 4.19. The van der Waals surface area contributed by atoms with E-state index in [0.717, 1.165) is 13.1 Å². The van der Waals surface area contributed by atoms with Gasteiger partial charge in [-0.25, -0.2) is 8.42 Å². The van der Waals surface area contributed by atoms with Gasteiger partial charge in [0.1, 0.15) is 0 Å². The van der Waals surface area contributed by atoms with Crippen LogP contribution in [0.3, 0.4) is 0 Å². The molecule has 1 aliphatic heterocycles. The van der Waals surface area contributed by atoms with E-state index in [1.807, 2.05) is 0 Å². The number of rotatable bonds is 7. The van der Waals surface area contributed by atoms with Gasteiger partial charge in [0, 0.05) is 39.3 Å². The first-order valence-corrected chi connectivity index (χ1v) is 8.91. The van der Waals surface area contributed by atoms with E-state index >= 15 is 0 Å². The number of hydrogen-bond acceptors (Lipinski definition) is 6. The Morgan fingerprint density at radius 3 is 2.43 bits per heavy atom. The minimum absolute atomic E-state index is 0.194. The van der Waals surface area contributed by atoms with E-state index in [1.165, 1.54) is 30.7 Å². The summed E-state index contributed by atoms with van der Waals surface area (Å²) in [4.78, 5) is 2.39. The highest BCUT2D eigenvalue weighted by Crippen LogP contribution is 2.30. The van der Waals surface area contributed by atoms with Gasteiger partial charge in [-0.15, -0.1) is 0 Å². The molecule has 23 heavy (non-hydrogen) atoms. The molecule has 130 valence electrons. The molecule has 0 radical (unpaired) electrons. The molecule has 1 fully saturated rings. The second-order valence-corrected chi connectivity index (χ2v) is 7.34. The Hall–Kier alpha value is -1.35. The van der Waals surface area contributed by atoms with Crippen molar-refractivity contribution in [2.24, 2.45) is 0 Å². The fraction of sp³-hybridized carbons (Fsp3) is 0.600. The molecule has 1 aliphatic rings. The molecule has 0 N–H and O–H groups in total. The van der Waals surface area contributed by atoms with Crippen LogP contribution < -0.4 is 9.47 Å². The standard InChI is InChI=1S/C15H24N2O5S/c1-16(6-7-17-8-10-22-11-9-17)23(18,19)13-4-5-14(20-2)15(12-13)21-3/h4-5,12H,6-11H2,1-3H3. The number of hydrogen-bond donors (Lipinski definition) is 0. The molecule has 0 unspecified atom stereocenters. The summed E-state index contributed by atoms with van der Waals surface area (Å²) in [5.74, 6) is 0.901. The second-order valence-electron chi connectivity index (χ2n) is 5.30. The summed E-state index contributed by atoms with van der Waals surface area (Å²) >= 11 is 0. The molecule has 0 atom stereocenters. The summed E-state index contributed by atoms with van der Waals surface area (Å²) in [5.41, 5.74) is 0. The van der Waals surface area contributed by atoms with Crippen molar-refractivity contribution in [2.75, 3.05) is 60.7 Å². The molecule has 2 rings (SSSR count). The van der Waals surface area contributed by atoms with Crippen molar-refractivity contribution in [3.05, 3.63) is 18.2 Å². The van der Waals surface area contributed by atoms with Gasteiger partial charge in [0.25, 0.3) is 0 Å². The molecule has 0 bridgehead atoms. The Morgan fingerprint density at radius 2 is 1.83 bits per heavy atom. The molecule has 7 nitrogen and oxygen atoms in total. The van der Waals surface area contributed by atoms with E-state index in [2.05, 4.69) is 4.90 Å². The lowest BCUT2D eigenvalue weighted by Crippen LogP contribution is -2.41. The monoisotopic (exact) mass is 344 g/mol. The molecule has 1 heterocycles. The lowest BCUT2D eigenvalue weighted by atomic mass is 10.3. The number of ether oxygens (including phenoxy) is 3. The molecule has 0 amide bonds. The van der Waals surface area contributed by atoms with E-state index in [1.54, 1.807) is 13.1 Å². The van der Waals surface area contributed by atoms with Crippen LogP contribution in [0.15, 0.2) is 23.1 Å². The van der Waals surface area contributed by atoms with Crippen molar-refractivity contribution in [1.82, 2.24) is 9.21 Å². The van der Waals surface area contributed by atoms with Crippen molar-refractivity contribution >= 4 is 10.0 Å². The molecule has 0 saturated carbocycles. The second kappa shape index (κ2) is 7.96. The van der Waals surface area contributed by atoms with Crippen LogP contribution in [0.5, 0.6) is 11.5 Å². The summed E-state index contributed by atoms with van der Waals surface area (Å²) in [7, 11) is 1.03. The first kappa shape index (κ1) is 18.0. The van der Waals surface area contributed by atoms with E-state index in [-0.39, 0.29) is 4.90 Å². The molecule has 1 aromatic carbocycles. The quantitative estimate of drug-likeness (QED) is 0.724. The predicted octanol–water partition coefficient (Wildman–Crippen LogP) is 0.657. The van der Waals surface area contributed by atoms with Crippen LogP contribution in [0.25, 0.3) is 0 Å². The maximum atomic E-state index is 12.7. The van der Waals surface area contributed by atoms with Gasteiger partial charge in [0.2, 0.25) is 10.0 Å². The fourth-order valence-electron chi connectivity index (χ4n) is 2.38.